The highest BCUT2D eigenvalue weighted by molar-refractivity contribution is 6.32. The Morgan fingerprint density at radius 3 is 2.58 bits per heavy atom. The highest BCUT2D eigenvalue weighted by atomic mass is 35.5. The van der Waals surface area contributed by atoms with Crippen molar-refractivity contribution >= 4 is 23.4 Å². The van der Waals surface area contributed by atoms with E-state index >= 15 is 0 Å². The van der Waals surface area contributed by atoms with Crippen molar-refractivity contribution < 1.29 is 23.8 Å². The molecule has 0 saturated heterocycles. The summed E-state index contributed by atoms with van der Waals surface area (Å²) in [6.07, 6.45) is 1.83. The number of carboxylic acids is 1. The molecule has 0 bridgehead atoms. The summed E-state index contributed by atoms with van der Waals surface area (Å²) < 4.78 is 19.2. The molecule has 19 heavy (non-hydrogen) atoms. The van der Waals surface area contributed by atoms with Crippen LogP contribution in [0.3, 0.4) is 0 Å². The minimum atomic E-state index is -1.38. The molecule has 0 heterocycles. The molecule has 0 radical (unpaired) electrons. The topological polar surface area (TPSA) is 63.6 Å². The lowest BCUT2D eigenvalue weighted by Gasteiger charge is -2.23. The van der Waals surface area contributed by atoms with Crippen molar-refractivity contribution in [2.75, 3.05) is 0 Å². The second kappa shape index (κ2) is 5.57. The molecule has 0 spiro atoms. The van der Waals surface area contributed by atoms with Gasteiger partial charge < -0.3 is 9.84 Å². The molecule has 0 amide bonds. The number of carbonyl (C=O) groups is 2. The molecule has 0 aromatic heterocycles. The Morgan fingerprint density at radius 2 is 2.00 bits per heavy atom. The van der Waals surface area contributed by atoms with E-state index in [0.717, 1.165) is 6.07 Å². The van der Waals surface area contributed by atoms with E-state index in [4.69, 9.17) is 21.4 Å². The number of aromatic carboxylic acids is 1. The fourth-order valence-corrected chi connectivity index (χ4v) is 2.21. The first-order valence-electron chi connectivity index (χ1n) is 5.88. The monoisotopic (exact) mass is 286 g/mol. The fraction of sp³-hybridized carbons (Fsp3) is 0.385. The van der Waals surface area contributed by atoms with Gasteiger partial charge >= 0.3 is 5.97 Å². The number of rotatable bonds is 3. The summed E-state index contributed by atoms with van der Waals surface area (Å²) in [7, 11) is 0. The van der Waals surface area contributed by atoms with Gasteiger partial charge in [0.25, 0.3) is 0 Å². The van der Waals surface area contributed by atoms with E-state index < -0.39 is 17.3 Å². The van der Waals surface area contributed by atoms with Crippen molar-refractivity contribution in [1.82, 2.24) is 0 Å². The van der Waals surface area contributed by atoms with E-state index in [1.54, 1.807) is 0 Å². The SMILES string of the molecule is O=C1CCC(Oc2ccc(C(=O)O)c(F)c2Cl)CC1. The fourth-order valence-electron chi connectivity index (χ4n) is 2.00. The van der Waals surface area contributed by atoms with E-state index in [-0.39, 0.29) is 22.7 Å². The standard InChI is InChI=1S/C13H12ClFO4/c14-11-10(6-5-9(12(11)15)13(17)18)19-8-3-1-7(16)2-4-8/h5-6,8H,1-4H2,(H,17,18). The Kier molecular flexibility index (Phi) is 4.04. The normalized spacial score (nSPS) is 16.4. The molecule has 6 heteroatoms. The Morgan fingerprint density at radius 1 is 1.37 bits per heavy atom. The Hall–Kier alpha value is -1.62. The van der Waals surface area contributed by atoms with Crippen LogP contribution in [0.2, 0.25) is 5.02 Å². The maximum Gasteiger partial charge on any atom is 0.338 e. The third-order valence-corrected chi connectivity index (χ3v) is 3.41. The van der Waals surface area contributed by atoms with E-state index in [9.17, 15) is 14.0 Å². The van der Waals surface area contributed by atoms with Gasteiger partial charge in [0, 0.05) is 12.8 Å². The molecule has 1 fully saturated rings. The van der Waals surface area contributed by atoms with Crippen molar-refractivity contribution in [3.63, 3.8) is 0 Å². The molecule has 0 unspecified atom stereocenters. The van der Waals surface area contributed by atoms with E-state index in [2.05, 4.69) is 0 Å². The molecule has 2 rings (SSSR count). The van der Waals surface area contributed by atoms with Crippen LogP contribution in [-0.4, -0.2) is 23.0 Å². The molecular weight excluding hydrogens is 275 g/mol. The second-order valence-corrected chi connectivity index (χ2v) is 4.78. The highest BCUT2D eigenvalue weighted by Crippen LogP contribution is 2.32. The van der Waals surface area contributed by atoms with Gasteiger partial charge in [-0.15, -0.1) is 0 Å². The Labute approximate surface area is 114 Å². The lowest BCUT2D eigenvalue weighted by Crippen LogP contribution is -2.24. The lowest BCUT2D eigenvalue weighted by atomic mass is 9.96. The molecule has 1 aliphatic carbocycles. The van der Waals surface area contributed by atoms with Gasteiger partial charge in [-0.05, 0) is 25.0 Å². The van der Waals surface area contributed by atoms with Crippen LogP contribution in [0.4, 0.5) is 4.39 Å². The van der Waals surface area contributed by atoms with E-state index in [0.29, 0.717) is 25.7 Å². The first kappa shape index (κ1) is 13.8. The molecule has 1 aliphatic rings. The van der Waals surface area contributed by atoms with Crippen LogP contribution in [0.1, 0.15) is 36.0 Å². The van der Waals surface area contributed by atoms with Crippen LogP contribution in [0.15, 0.2) is 12.1 Å². The number of hydrogen-bond donors (Lipinski definition) is 1. The molecule has 102 valence electrons. The van der Waals surface area contributed by atoms with Crippen molar-refractivity contribution in [1.29, 1.82) is 0 Å². The maximum atomic E-state index is 13.7. The number of carboxylic acid groups (broad SMARTS) is 1. The number of benzene rings is 1. The summed E-state index contributed by atoms with van der Waals surface area (Å²) in [5.41, 5.74) is -0.490. The number of halogens is 2. The second-order valence-electron chi connectivity index (χ2n) is 4.40. The van der Waals surface area contributed by atoms with Gasteiger partial charge in [0.2, 0.25) is 0 Å². The molecule has 4 nitrogen and oxygen atoms in total. The minimum absolute atomic E-state index is 0.114. The molecule has 1 aromatic rings. The minimum Gasteiger partial charge on any atom is -0.489 e. The van der Waals surface area contributed by atoms with Crippen LogP contribution in [0.5, 0.6) is 5.75 Å². The molecule has 1 saturated carbocycles. The van der Waals surface area contributed by atoms with Crippen LogP contribution in [0, 0.1) is 5.82 Å². The Balaban J connectivity index is 2.15. The van der Waals surface area contributed by atoms with E-state index in [1.807, 2.05) is 0 Å². The summed E-state index contributed by atoms with van der Waals surface area (Å²) in [6.45, 7) is 0. The van der Waals surface area contributed by atoms with Gasteiger partial charge in [-0.1, -0.05) is 11.6 Å². The number of Topliss-reactive ketones (excluding diaryl/α,β-unsaturated/α-hetero) is 1. The predicted molar refractivity (Wildman–Crippen MR) is 66.3 cm³/mol. The van der Waals surface area contributed by atoms with Crippen molar-refractivity contribution in [3.8, 4) is 5.75 Å². The van der Waals surface area contributed by atoms with Gasteiger partial charge in [0.05, 0.1) is 11.7 Å². The first-order valence-corrected chi connectivity index (χ1v) is 6.26. The smallest absolute Gasteiger partial charge is 0.338 e. The summed E-state index contributed by atoms with van der Waals surface area (Å²) >= 11 is 5.76. The third kappa shape index (κ3) is 3.04. The maximum absolute atomic E-state index is 13.7. The largest absolute Gasteiger partial charge is 0.489 e. The molecule has 1 aromatic carbocycles. The summed E-state index contributed by atoms with van der Waals surface area (Å²) in [5, 5.41) is 8.42. The number of carbonyl (C=O) groups excluding carboxylic acids is 1. The first-order chi connectivity index (χ1) is 8.99. The summed E-state index contributed by atoms with van der Waals surface area (Å²) in [4.78, 5) is 21.8. The highest BCUT2D eigenvalue weighted by Gasteiger charge is 2.23. The third-order valence-electron chi connectivity index (χ3n) is 3.06. The molecule has 1 N–H and O–H groups in total. The number of hydrogen-bond acceptors (Lipinski definition) is 3. The van der Waals surface area contributed by atoms with Crippen LogP contribution >= 0.6 is 11.6 Å². The van der Waals surface area contributed by atoms with Crippen molar-refractivity contribution in [2.24, 2.45) is 0 Å². The predicted octanol–water partition coefficient (Wildman–Crippen LogP) is 3.07. The quantitative estimate of drug-likeness (QED) is 0.927. The Bertz CT molecular complexity index is 520. The molecule has 0 aliphatic heterocycles. The average molecular weight is 287 g/mol. The van der Waals surface area contributed by atoms with Crippen molar-refractivity contribution in [2.45, 2.75) is 31.8 Å². The zero-order chi connectivity index (χ0) is 14.0. The summed E-state index contributed by atoms with van der Waals surface area (Å²) in [6, 6.07) is 2.46. The van der Waals surface area contributed by atoms with E-state index in [1.165, 1.54) is 6.07 Å². The van der Waals surface area contributed by atoms with Gasteiger partial charge in [0.1, 0.15) is 16.6 Å². The van der Waals surface area contributed by atoms with Crippen LogP contribution in [-0.2, 0) is 4.79 Å². The number of ether oxygens (including phenoxy) is 1. The zero-order valence-corrected chi connectivity index (χ0v) is 10.7. The summed E-state index contributed by atoms with van der Waals surface area (Å²) in [5.74, 6) is -2.07. The van der Waals surface area contributed by atoms with Crippen LogP contribution < -0.4 is 4.74 Å². The van der Waals surface area contributed by atoms with Crippen molar-refractivity contribution in [3.05, 3.63) is 28.5 Å². The lowest BCUT2D eigenvalue weighted by molar-refractivity contribution is -0.121. The van der Waals surface area contributed by atoms with Gasteiger partial charge in [0.15, 0.2) is 5.82 Å². The zero-order valence-electron chi connectivity index (χ0n) is 9.99. The van der Waals surface area contributed by atoms with Crippen LogP contribution in [0.25, 0.3) is 0 Å². The molecule has 0 atom stereocenters. The number of ketones is 1. The van der Waals surface area contributed by atoms with Gasteiger partial charge in [-0.25, -0.2) is 9.18 Å². The van der Waals surface area contributed by atoms with Gasteiger partial charge in [-0.2, -0.15) is 0 Å². The molecular formula is C13H12ClFO4. The van der Waals surface area contributed by atoms with Gasteiger partial charge in [-0.3, -0.25) is 4.79 Å². The average Bonchev–Trinajstić information content (AvgIpc) is 2.37.